The Balaban J connectivity index is 1.66. The Kier molecular flexibility index (Phi) is 5.37. The predicted octanol–water partition coefficient (Wildman–Crippen LogP) is 4.89. The molecular weight excluding hydrogens is 354 g/mol. The molecule has 3 rings (SSSR count). The Bertz CT molecular complexity index is 876. The number of thiazole rings is 1. The van der Waals surface area contributed by atoms with E-state index in [0.29, 0.717) is 11.6 Å². The fraction of sp³-hybridized carbons (Fsp3) is 0.263. The molecule has 0 radical (unpaired) electrons. The zero-order valence-corrected chi connectivity index (χ0v) is 16.0. The third-order valence-corrected chi connectivity index (χ3v) is 5.63. The van der Waals surface area contributed by atoms with Crippen LogP contribution in [0.25, 0.3) is 10.2 Å². The van der Waals surface area contributed by atoms with Crippen LogP contribution in [0.5, 0.6) is 0 Å². The molecule has 1 heterocycles. The van der Waals surface area contributed by atoms with Gasteiger partial charge in [0, 0.05) is 10.7 Å². The summed E-state index contributed by atoms with van der Waals surface area (Å²) >= 11 is 7.62. The van der Waals surface area contributed by atoms with Crippen LogP contribution >= 0.6 is 22.9 Å². The summed E-state index contributed by atoms with van der Waals surface area (Å²) in [6, 6.07) is 13.6. The van der Waals surface area contributed by atoms with Crippen molar-refractivity contribution in [2.45, 2.75) is 19.9 Å². The Morgan fingerprint density at radius 2 is 2.08 bits per heavy atom. The molecule has 25 heavy (non-hydrogen) atoms. The minimum absolute atomic E-state index is 0.0547. The van der Waals surface area contributed by atoms with E-state index in [4.69, 9.17) is 11.6 Å². The van der Waals surface area contributed by atoms with Crippen LogP contribution in [0, 0.1) is 6.92 Å². The largest absolute Gasteiger partial charge is 0.325 e. The number of carbonyl (C=O) groups excluding carboxylic acids is 1. The Hall–Kier alpha value is -1.95. The fourth-order valence-electron chi connectivity index (χ4n) is 2.58. The second kappa shape index (κ2) is 7.52. The summed E-state index contributed by atoms with van der Waals surface area (Å²) < 4.78 is 1.17. The summed E-state index contributed by atoms with van der Waals surface area (Å²) in [5.74, 6) is -0.0547. The van der Waals surface area contributed by atoms with Crippen LogP contribution in [0.4, 0.5) is 5.69 Å². The lowest BCUT2D eigenvalue weighted by Crippen LogP contribution is -2.32. The topological polar surface area (TPSA) is 45.2 Å². The average molecular weight is 374 g/mol. The molecular formula is C19H20ClN3OS. The van der Waals surface area contributed by atoms with Gasteiger partial charge in [0.1, 0.15) is 5.01 Å². The van der Waals surface area contributed by atoms with E-state index in [1.807, 2.05) is 49.2 Å². The van der Waals surface area contributed by atoms with Gasteiger partial charge < -0.3 is 5.32 Å². The summed E-state index contributed by atoms with van der Waals surface area (Å²) in [6.45, 7) is 4.28. The van der Waals surface area contributed by atoms with Gasteiger partial charge in [-0.3, -0.25) is 9.69 Å². The van der Waals surface area contributed by atoms with Crippen LogP contribution in [-0.2, 0) is 4.79 Å². The van der Waals surface area contributed by atoms with Gasteiger partial charge in [-0.25, -0.2) is 4.98 Å². The third kappa shape index (κ3) is 4.18. The second-order valence-electron chi connectivity index (χ2n) is 6.12. The molecule has 0 spiro atoms. The number of fused-ring (bicyclic) bond motifs is 1. The first-order chi connectivity index (χ1) is 11.9. The molecule has 4 nitrogen and oxygen atoms in total. The number of anilines is 1. The molecule has 1 N–H and O–H groups in total. The molecule has 0 aliphatic heterocycles. The molecule has 1 amide bonds. The summed E-state index contributed by atoms with van der Waals surface area (Å²) in [5, 5.41) is 4.62. The van der Waals surface area contributed by atoms with Crippen LogP contribution in [0.3, 0.4) is 0 Å². The van der Waals surface area contributed by atoms with Gasteiger partial charge in [-0.1, -0.05) is 23.7 Å². The molecule has 0 aliphatic carbocycles. The first-order valence-electron chi connectivity index (χ1n) is 8.06. The highest BCUT2D eigenvalue weighted by atomic mass is 35.5. The zero-order valence-electron chi connectivity index (χ0n) is 14.4. The van der Waals surface area contributed by atoms with Gasteiger partial charge in [-0.2, -0.15) is 0 Å². The van der Waals surface area contributed by atoms with Crippen molar-refractivity contribution < 1.29 is 4.79 Å². The summed E-state index contributed by atoms with van der Waals surface area (Å²) in [4.78, 5) is 19.0. The number of likely N-dealkylation sites (N-methyl/N-ethyl adjacent to an activating group) is 1. The van der Waals surface area contributed by atoms with Gasteiger partial charge in [-0.15, -0.1) is 11.3 Å². The number of rotatable bonds is 5. The van der Waals surface area contributed by atoms with E-state index < -0.39 is 0 Å². The first kappa shape index (κ1) is 17.9. The fourth-order valence-corrected chi connectivity index (χ4v) is 3.89. The highest BCUT2D eigenvalue weighted by Gasteiger charge is 2.18. The lowest BCUT2D eigenvalue weighted by Gasteiger charge is -2.22. The van der Waals surface area contributed by atoms with E-state index in [1.54, 1.807) is 17.4 Å². The molecule has 6 heteroatoms. The number of hydrogen-bond acceptors (Lipinski definition) is 4. The van der Waals surface area contributed by atoms with Gasteiger partial charge in [0.05, 0.1) is 22.8 Å². The minimum atomic E-state index is -0.0547. The molecule has 1 atom stereocenters. The standard InChI is InChI=1S/C19H20ClN3OS/c1-12-10-14(20)8-9-15(12)21-18(24)11-23(3)13(2)19-22-16-6-4-5-7-17(16)25-19/h4-10,13H,11H2,1-3H3,(H,21,24)/t13-/m0/s1. The smallest absolute Gasteiger partial charge is 0.238 e. The number of carbonyl (C=O) groups is 1. The van der Waals surface area contributed by atoms with E-state index in [-0.39, 0.29) is 11.9 Å². The number of amides is 1. The highest BCUT2D eigenvalue weighted by molar-refractivity contribution is 7.18. The monoisotopic (exact) mass is 373 g/mol. The van der Waals surface area contributed by atoms with Crippen molar-refractivity contribution in [3.8, 4) is 0 Å². The highest BCUT2D eigenvalue weighted by Crippen LogP contribution is 2.28. The Morgan fingerprint density at radius 1 is 1.32 bits per heavy atom. The number of nitrogens with zero attached hydrogens (tertiary/aromatic N) is 2. The van der Waals surface area contributed by atoms with Gasteiger partial charge in [0.15, 0.2) is 0 Å². The average Bonchev–Trinajstić information content (AvgIpc) is 3.00. The van der Waals surface area contributed by atoms with Crippen molar-refractivity contribution in [2.24, 2.45) is 0 Å². The first-order valence-corrected chi connectivity index (χ1v) is 9.25. The van der Waals surface area contributed by atoms with Crippen molar-refractivity contribution in [3.63, 3.8) is 0 Å². The van der Waals surface area contributed by atoms with Crippen LogP contribution < -0.4 is 5.32 Å². The summed E-state index contributed by atoms with van der Waals surface area (Å²) in [5.41, 5.74) is 2.74. The van der Waals surface area contributed by atoms with Crippen molar-refractivity contribution in [2.75, 3.05) is 18.9 Å². The quantitative estimate of drug-likeness (QED) is 0.692. The van der Waals surface area contributed by atoms with Crippen LogP contribution in [-0.4, -0.2) is 29.4 Å². The zero-order chi connectivity index (χ0) is 18.0. The van der Waals surface area contributed by atoms with Crippen molar-refractivity contribution >= 4 is 44.7 Å². The molecule has 0 unspecified atom stereocenters. The Morgan fingerprint density at radius 3 is 2.80 bits per heavy atom. The molecule has 1 aromatic heterocycles. The van der Waals surface area contributed by atoms with E-state index in [9.17, 15) is 4.79 Å². The van der Waals surface area contributed by atoms with Crippen molar-refractivity contribution in [1.82, 2.24) is 9.88 Å². The second-order valence-corrected chi connectivity index (χ2v) is 7.62. The normalized spacial score (nSPS) is 12.5. The number of nitrogens with one attached hydrogen (secondary N) is 1. The molecule has 130 valence electrons. The molecule has 0 saturated carbocycles. The number of halogens is 1. The van der Waals surface area contributed by atoms with E-state index in [1.165, 1.54) is 4.70 Å². The number of benzene rings is 2. The number of aryl methyl sites for hydroxylation is 1. The molecule has 0 bridgehead atoms. The van der Waals surface area contributed by atoms with Crippen molar-refractivity contribution in [1.29, 1.82) is 0 Å². The lowest BCUT2D eigenvalue weighted by atomic mass is 10.2. The van der Waals surface area contributed by atoms with Crippen molar-refractivity contribution in [3.05, 3.63) is 58.1 Å². The number of hydrogen-bond donors (Lipinski definition) is 1. The van der Waals surface area contributed by atoms with Gasteiger partial charge in [0.2, 0.25) is 5.91 Å². The number of aromatic nitrogens is 1. The van der Waals surface area contributed by atoms with E-state index >= 15 is 0 Å². The van der Waals surface area contributed by atoms with E-state index in [2.05, 4.69) is 23.3 Å². The Labute approximate surface area is 156 Å². The predicted molar refractivity (Wildman–Crippen MR) is 105 cm³/mol. The maximum Gasteiger partial charge on any atom is 0.238 e. The molecule has 0 aliphatic rings. The minimum Gasteiger partial charge on any atom is -0.325 e. The van der Waals surface area contributed by atoms with Gasteiger partial charge in [0.25, 0.3) is 0 Å². The summed E-state index contributed by atoms with van der Waals surface area (Å²) in [6.07, 6.45) is 0. The van der Waals surface area contributed by atoms with Crippen LogP contribution in [0.1, 0.15) is 23.5 Å². The molecule has 2 aromatic carbocycles. The third-order valence-electron chi connectivity index (χ3n) is 4.18. The number of para-hydroxylation sites is 1. The SMILES string of the molecule is Cc1cc(Cl)ccc1NC(=O)CN(C)[C@@H](C)c1nc2ccccc2s1. The van der Waals surface area contributed by atoms with Crippen LogP contribution in [0.2, 0.25) is 5.02 Å². The van der Waals surface area contributed by atoms with Gasteiger partial charge in [-0.05, 0) is 56.8 Å². The molecule has 3 aromatic rings. The maximum absolute atomic E-state index is 12.4. The molecule has 0 fully saturated rings. The van der Waals surface area contributed by atoms with Gasteiger partial charge >= 0.3 is 0 Å². The summed E-state index contributed by atoms with van der Waals surface area (Å²) in [7, 11) is 1.94. The lowest BCUT2D eigenvalue weighted by molar-refractivity contribution is -0.117. The molecule has 0 saturated heterocycles. The maximum atomic E-state index is 12.4. The van der Waals surface area contributed by atoms with Crippen LogP contribution in [0.15, 0.2) is 42.5 Å². The van der Waals surface area contributed by atoms with E-state index in [0.717, 1.165) is 21.8 Å².